The first kappa shape index (κ1) is 20.7. The zero-order valence-corrected chi connectivity index (χ0v) is 17.0. The maximum Gasteiger partial charge on any atom is 0.254 e. The van der Waals surface area contributed by atoms with Gasteiger partial charge < -0.3 is 15.2 Å². The highest BCUT2D eigenvalue weighted by atomic mass is 32.2. The molecule has 0 atom stereocenters. The number of rotatable bonds is 9. The molecule has 6 nitrogen and oxygen atoms in total. The van der Waals surface area contributed by atoms with Gasteiger partial charge in [0.1, 0.15) is 11.5 Å². The van der Waals surface area contributed by atoms with Crippen LogP contribution in [0.4, 0.5) is 0 Å². The Hall–Kier alpha value is -3.06. The number of carbonyl (C=O) groups is 2. The van der Waals surface area contributed by atoms with E-state index in [2.05, 4.69) is 5.16 Å². The van der Waals surface area contributed by atoms with Gasteiger partial charge in [0.05, 0.1) is 11.3 Å². The van der Waals surface area contributed by atoms with Crippen molar-refractivity contribution in [2.75, 3.05) is 19.3 Å². The third-order valence-electron chi connectivity index (χ3n) is 4.38. The molecule has 0 saturated heterocycles. The summed E-state index contributed by atoms with van der Waals surface area (Å²) in [6.45, 7) is 0.578. The quantitative estimate of drug-likeness (QED) is 0.545. The summed E-state index contributed by atoms with van der Waals surface area (Å²) >= 11 is 1.28. The van der Waals surface area contributed by atoms with Crippen LogP contribution >= 0.6 is 11.8 Å². The van der Waals surface area contributed by atoms with Crippen LogP contribution in [0, 0.1) is 0 Å². The number of aromatic nitrogens is 1. The Labute approximate surface area is 174 Å². The largest absolute Gasteiger partial charge is 0.369 e. The number of hydrogen-bond acceptors (Lipinski definition) is 5. The molecule has 2 N–H and O–H groups in total. The summed E-state index contributed by atoms with van der Waals surface area (Å²) in [7, 11) is 1.77. The molecule has 0 unspecified atom stereocenters. The van der Waals surface area contributed by atoms with E-state index in [1.54, 1.807) is 18.0 Å². The van der Waals surface area contributed by atoms with E-state index in [9.17, 15) is 9.59 Å². The number of carbonyl (C=O) groups excluding carboxylic acids is 2. The Bertz CT molecular complexity index is 972. The van der Waals surface area contributed by atoms with E-state index in [0.717, 1.165) is 28.3 Å². The highest BCUT2D eigenvalue weighted by Gasteiger charge is 2.16. The van der Waals surface area contributed by atoms with Gasteiger partial charge in [0.25, 0.3) is 5.91 Å². The van der Waals surface area contributed by atoms with Crippen molar-refractivity contribution in [1.82, 2.24) is 10.1 Å². The molecule has 0 bridgehead atoms. The minimum Gasteiger partial charge on any atom is -0.369 e. The highest BCUT2D eigenvalue weighted by Crippen LogP contribution is 2.24. The second kappa shape index (κ2) is 9.93. The summed E-state index contributed by atoms with van der Waals surface area (Å²) in [6, 6.07) is 19.1. The van der Waals surface area contributed by atoms with E-state index in [4.69, 9.17) is 10.3 Å². The molecule has 3 rings (SSSR count). The average Bonchev–Trinajstić information content (AvgIpc) is 3.21. The molecule has 29 heavy (non-hydrogen) atoms. The molecule has 0 aliphatic rings. The lowest BCUT2D eigenvalue weighted by Gasteiger charge is -2.18. The maximum atomic E-state index is 12.8. The summed E-state index contributed by atoms with van der Waals surface area (Å²) in [5.41, 5.74) is 7.62. The zero-order valence-electron chi connectivity index (χ0n) is 16.2. The summed E-state index contributed by atoms with van der Waals surface area (Å²) in [6.07, 6.45) is 1.44. The van der Waals surface area contributed by atoms with Crippen LogP contribution in [-0.4, -0.2) is 41.2 Å². The first-order valence-electron chi connectivity index (χ1n) is 9.31. The van der Waals surface area contributed by atoms with Crippen LogP contribution < -0.4 is 5.73 Å². The summed E-state index contributed by atoms with van der Waals surface area (Å²) < 4.78 is 5.42. The summed E-state index contributed by atoms with van der Waals surface area (Å²) in [5.74, 6) is 0.443. The predicted octanol–water partition coefficient (Wildman–Crippen LogP) is 3.62. The Balaban J connectivity index is 1.55. The summed E-state index contributed by atoms with van der Waals surface area (Å²) in [4.78, 5) is 26.3. The third-order valence-corrected chi connectivity index (χ3v) is 5.48. The lowest BCUT2D eigenvalue weighted by atomic mass is 10.1. The van der Waals surface area contributed by atoms with Crippen molar-refractivity contribution >= 4 is 23.6 Å². The third kappa shape index (κ3) is 5.71. The molecule has 0 saturated carbocycles. The number of nitrogens with two attached hydrogens (primary N) is 1. The van der Waals surface area contributed by atoms with Gasteiger partial charge >= 0.3 is 0 Å². The van der Waals surface area contributed by atoms with Crippen LogP contribution in [0.3, 0.4) is 0 Å². The molecule has 1 heterocycles. The van der Waals surface area contributed by atoms with Crippen LogP contribution in [0.2, 0.25) is 0 Å². The van der Waals surface area contributed by atoms with Crippen molar-refractivity contribution in [3.63, 3.8) is 0 Å². The van der Waals surface area contributed by atoms with E-state index in [1.807, 2.05) is 54.6 Å². The normalized spacial score (nSPS) is 10.7. The van der Waals surface area contributed by atoms with E-state index >= 15 is 0 Å². The molecule has 2 aromatic carbocycles. The van der Waals surface area contributed by atoms with Crippen LogP contribution in [0.1, 0.15) is 22.5 Å². The number of thioether (sulfide) groups is 1. The topological polar surface area (TPSA) is 89.4 Å². The molecule has 3 aromatic rings. The van der Waals surface area contributed by atoms with Gasteiger partial charge in [-0.05, 0) is 18.6 Å². The van der Waals surface area contributed by atoms with Crippen molar-refractivity contribution in [1.29, 1.82) is 0 Å². The fraction of sp³-hybridized carbons (Fsp3) is 0.227. The minimum atomic E-state index is -0.410. The van der Waals surface area contributed by atoms with Crippen LogP contribution in [-0.2, 0) is 11.2 Å². The van der Waals surface area contributed by atoms with Gasteiger partial charge in [-0.3, -0.25) is 9.59 Å². The number of benzene rings is 2. The van der Waals surface area contributed by atoms with Crippen molar-refractivity contribution < 1.29 is 14.1 Å². The minimum absolute atomic E-state index is 0.0832. The van der Waals surface area contributed by atoms with E-state index in [1.165, 1.54) is 11.8 Å². The Kier molecular flexibility index (Phi) is 7.08. The second-order valence-electron chi connectivity index (χ2n) is 6.63. The van der Waals surface area contributed by atoms with E-state index < -0.39 is 5.91 Å². The Morgan fingerprint density at radius 1 is 1.10 bits per heavy atom. The average molecular weight is 410 g/mol. The molecule has 0 fully saturated rings. The van der Waals surface area contributed by atoms with Gasteiger partial charge in [-0.25, -0.2) is 0 Å². The van der Waals surface area contributed by atoms with Gasteiger partial charge in [-0.15, -0.1) is 11.8 Å². The molecule has 0 radical (unpaired) electrons. The van der Waals surface area contributed by atoms with Crippen LogP contribution in [0.15, 0.2) is 70.1 Å². The molecule has 7 heteroatoms. The second-order valence-corrected chi connectivity index (χ2v) is 7.64. The van der Waals surface area contributed by atoms with Gasteiger partial charge in [0.2, 0.25) is 5.91 Å². The molecule has 0 spiro atoms. The number of amides is 2. The summed E-state index contributed by atoms with van der Waals surface area (Å²) in [5, 5.41) is 4.12. The van der Waals surface area contributed by atoms with Gasteiger partial charge in [-0.2, -0.15) is 0 Å². The van der Waals surface area contributed by atoms with Crippen molar-refractivity contribution in [3.8, 4) is 11.3 Å². The molecule has 0 aliphatic heterocycles. The van der Waals surface area contributed by atoms with Crippen molar-refractivity contribution in [3.05, 3.63) is 72.0 Å². The number of nitrogens with zero attached hydrogens (tertiary/aromatic N) is 2. The van der Waals surface area contributed by atoms with Crippen molar-refractivity contribution in [2.24, 2.45) is 5.73 Å². The van der Waals surface area contributed by atoms with Crippen LogP contribution in [0.5, 0.6) is 0 Å². The Morgan fingerprint density at radius 3 is 2.59 bits per heavy atom. The first-order valence-corrected chi connectivity index (χ1v) is 10.3. The fourth-order valence-electron chi connectivity index (χ4n) is 2.89. The van der Waals surface area contributed by atoms with Crippen LogP contribution in [0.25, 0.3) is 11.3 Å². The maximum absolute atomic E-state index is 12.8. The van der Waals surface area contributed by atoms with Gasteiger partial charge in [0.15, 0.2) is 0 Å². The molecule has 1 aromatic heterocycles. The number of hydrogen-bond donors (Lipinski definition) is 1. The van der Waals surface area contributed by atoms with E-state index in [-0.39, 0.29) is 11.7 Å². The monoisotopic (exact) mass is 409 g/mol. The van der Waals surface area contributed by atoms with Gasteiger partial charge in [0, 0.05) is 36.5 Å². The SMILES string of the molecule is CN(CCCc1cc(-c2ccccc2)no1)C(=O)c1ccccc1SCC(N)=O. The molecule has 0 aliphatic carbocycles. The fourth-order valence-corrected chi connectivity index (χ4v) is 3.67. The predicted molar refractivity (Wildman–Crippen MR) is 114 cm³/mol. The molecule has 150 valence electrons. The lowest BCUT2D eigenvalue weighted by Crippen LogP contribution is -2.28. The highest BCUT2D eigenvalue weighted by molar-refractivity contribution is 8.00. The smallest absolute Gasteiger partial charge is 0.254 e. The Morgan fingerprint density at radius 2 is 1.83 bits per heavy atom. The number of aryl methyl sites for hydroxylation is 1. The first-order chi connectivity index (χ1) is 14.0. The lowest BCUT2D eigenvalue weighted by molar-refractivity contribution is -0.115. The number of primary amides is 1. The van der Waals surface area contributed by atoms with Gasteiger partial charge in [-0.1, -0.05) is 47.6 Å². The standard InChI is InChI=1S/C22H23N3O3S/c1-25(22(27)18-11-5-6-12-20(18)29-15-21(23)26)13-7-10-17-14-19(24-28-17)16-8-3-2-4-9-16/h2-6,8-9,11-12,14H,7,10,13,15H2,1H3,(H2,23,26). The zero-order chi connectivity index (χ0) is 20.6. The molecule has 2 amide bonds. The molecular weight excluding hydrogens is 386 g/mol. The molecular formula is C22H23N3O3S. The van der Waals surface area contributed by atoms with E-state index in [0.29, 0.717) is 18.5 Å². The van der Waals surface area contributed by atoms with Crippen molar-refractivity contribution in [2.45, 2.75) is 17.7 Å².